The summed E-state index contributed by atoms with van der Waals surface area (Å²) in [5.74, 6) is -1.04. The van der Waals surface area contributed by atoms with Crippen LogP contribution in [-0.4, -0.2) is 11.1 Å². The van der Waals surface area contributed by atoms with E-state index in [0.29, 0.717) is 12.3 Å². The minimum absolute atomic E-state index is 0.302. The molecule has 0 fully saturated rings. The van der Waals surface area contributed by atoms with Crippen LogP contribution in [0.2, 0.25) is 0 Å². The van der Waals surface area contributed by atoms with Crippen LogP contribution in [0, 0.1) is 5.92 Å². The number of hydrogen-bond donors (Lipinski definition) is 1. The molecule has 1 heterocycles. The second kappa shape index (κ2) is 5.85. The van der Waals surface area contributed by atoms with Crippen LogP contribution in [0.1, 0.15) is 19.3 Å². The Kier molecular flexibility index (Phi) is 4.40. The number of hydrogen-bond acceptors (Lipinski definition) is 4. The van der Waals surface area contributed by atoms with E-state index < -0.39 is 11.8 Å². The molecule has 1 aromatic heterocycles. The fourth-order valence-corrected chi connectivity index (χ4v) is 1.28. The van der Waals surface area contributed by atoms with E-state index in [0.717, 1.165) is 12.8 Å². The molecular formula is C10H12O5. The van der Waals surface area contributed by atoms with Gasteiger partial charge in [-0.15, -0.1) is 0 Å². The van der Waals surface area contributed by atoms with Crippen molar-refractivity contribution in [3.63, 3.8) is 0 Å². The van der Waals surface area contributed by atoms with Gasteiger partial charge in [0.05, 0.1) is 6.42 Å². The van der Waals surface area contributed by atoms with E-state index in [1.165, 1.54) is 12.5 Å². The van der Waals surface area contributed by atoms with E-state index in [4.69, 9.17) is 5.11 Å². The zero-order valence-electron chi connectivity index (χ0n) is 8.09. The van der Waals surface area contributed by atoms with Crippen molar-refractivity contribution >= 4 is 5.97 Å². The van der Waals surface area contributed by atoms with E-state index in [1.807, 2.05) is 12.2 Å². The third-order valence-electron chi connectivity index (χ3n) is 1.93. The Bertz CT molecular complexity index is 356. The SMILES string of the molecule is O=C(O)CC1C=CCC1.O=c1occo1. The number of carboxylic acid groups (broad SMARTS) is 1. The molecule has 1 atom stereocenters. The third kappa shape index (κ3) is 4.85. The molecule has 0 aromatic carbocycles. The summed E-state index contributed by atoms with van der Waals surface area (Å²) in [7, 11) is 0. The van der Waals surface area contributed by atoms with Crippen molar-refractivity contribution < 1.29 is 18.7 Å². The van der Waals surface area contributed by atoms with Crippen molar-refractivity contribution in [3.05, 3.63) is 35.3 Å². The Balaban J connectivity index is 0.000000162. The summed E-state index contributed by atoms with van der Waals surface area (Å²) in [6, 6.07) is 0. The second-order valence-electron chi connectivity index (χ2n) is 3.12. The Morgan fingerprint density at radius 1 is 1.47 bits per heavy atom. The van der Waals surface area contributed by atoms with Crippen molar-refractivity contribution in [3.8, 4) is 0 Å². The maximum atomic E-state index is 10.1. The molecule has 0 saturated carbocycles. The Labute approximate surface area is 86.0 Å². The number of allylic oxidation sites excluding steroid dienone is 2. The Morgan fingerprint density at radius 3 is 2.47 bits per heavy atom. The molecule has 0 saturated heterocycles. The molecule has 5 nitrogen and oxygen atoms in total. The summed E-state index contributed by atoms with van der Waals surface area (Å²) in [5.41, 5.74) is 0. The van der Waals surface area contributed by atoms with Gasteiger partial charge in [0.25, 0.3) is 0 Å². The van der Waals surface area contributed by atoms with Crippen LogP contribution < -0.4 is 5.82 Å². The summed E-state index contributed by atoms with van der Waals surface area (Å²) in [4.78, 5) is 19.9. The van der Waals surface area contributed by atoms with Crippen molar-refractivity contribution in [1.82, 2.24) is 0 Å². The first-order valence-electron chi connectivity index (χ1n) is 4.59. The van der Waals surface area contributed by atoms with Gasteiger partial charge in [-0.1, -0.05) is 12.2 Å². The van der Waals surface area contributed by atoms with E-state index in [-0.39, 0.29) is 0 Å². The van der Waals surface area contributed by atoms with E-state index in [2.05, 4.69) is 8.83 Å². The topological polar surface area (TPSA) is 80.6 Å². The van der Waals surface area contributed by atoms with Crippen LogP contribution in [-0.2, 0) is 4.79 Å². The molecule has 0 bridgehead atoms. The minimum atomic E-state index is -0.688. The van der Waals surface area contributed by atoms with Crippen LogP contribution in [0.25, 0.3) is 0 Å². The van der Waals surface area contributed by atoms with Gasteiger partial charge in [-0.05, 0) is 18.8 Å². The summed E-state index contributed by atoms with van der Waals surface area (Å²) in [5, 5.41) is 8.34. The lowest BCUT2D eigenvalue weighted by molar-refractivity contribution is -0.137. The molecule has 0 amide bonds. The molecule has 1 unspecified atom stereocenters. The summed E-state index contributed by atoms with van der Waals surface area (Å²) >= 11 is 0. The Hall–Kier alpha value is -1.78. The molecule has 1 N–H and O–H groups in total. The standard InChI is InChI=1S/C7H10O2.C3H2O3/c8-7(9)5-6-3-1-2-4-6;4-3-5-1-2-6-3/h1,3,6H,2,4-5H2,(H,8,9);1-2H. The number of carboxylic acids is 1. The molecule has 0 spiro atoms. The maximum Gasteiger partial charge on any atom is 0.518 e. The van der Waals surface area contributed by atoms with Crippen molar-refractivity contribution in [2.75, 3.05) is 0 Å². The zero-order valence-corrected chi connectivity index (χ0v) is 8.09. The normalized spacial score (nSPS) is 18.3. The molecule has 15 heavy (non-hydrogen) atoms. The fraction of sp³-hybridized carbons (Fsp3) is 0.400. The largest absolute Gasteiger partial charge is 0.518 e. The lowest BCUT2D eigenvalue weighted by Crippen LogP contribution is -2.01. The van der Waals surface area contributed by atoms with Crippen molar-refractivity contribution in [1.29, 1.82) is 0 Å². The monoisotopic (exact) mass is 212 g/mol. The van der Waals surface area contributed by atoms with Crippen LogP contribution >= 0.6 is 0 Å². The quantitative estimate of drug-likeness (QED) is 0.754. The van der Waals surface area contributed by atoms with Gasteiger partial charge in [-0.3, -0.25) is 4.79 Å². The average Bonchev–Trinajstić information content (AvgIpc) is 2.78. The highest BCUT2D eigenvalue weighted by Gasteiger charge is 2.11. The van der Waals surface area contributed by atoms with Crippen molar-refractivity contribution in [2.24, 2.45) is 5.92 Å². The highest BCUT2D eigenvalue weighted by molar-refractivity contribution is 5.67. The van der Waals surface area contributed by atoms with Crippen LogP contribution in [0.15, 0.2) is 38.3 Å². The first-order chi connectivity index (χ1) is 7.18. The van der Waals surface area contributed by atoms with Gasteiger partial charge >= 0.3 is 11.8 Å². The van der Waals surface area contributed by atoms with Gasteiger partial charge in [0.2, 0.25) is 0 Å². The lowest BCUT2D eigenvalue weighted by atomic mass is 10.1. The predicted molar refractivity (Wildman–Crippen MR) is 51.4 cm³/mol. The first-order valence-corrected chi connectivity index (χ1v) is 4.59. The Morgan fingerprint density at radius 2 is 2.13 bits per heavy atom. The molecular weight excluding hydrogens is 200 g/mol. The molecule has 5 heteroatoms. The lowest BCUT2D eigenvalue weighted by Gasteiger charge is -1.99. The number of carbonyl (C=O) groups is 1. The predicted octanol–water partition coefficient (Wildman–Crippen LogP) is 1.66. The van der Waals surface area contributed by atoms with E-state index in [9.17, 15) is 9.59 Å². The molecule has 1 aromatic rings. The molecule has 2 rings (SSSR count). The smallest absolute Gasteiger partial charge is 0.481 e. The van der Waals surface area contributed by atoms with Gasteiger partial charge in [0.15, 0.2) is 0 Å². The van der Waals surface area contributed by atoms with Gasteiger partial charge in [-0.25, -0.2) is 4.79 Å². The number of rotatable bonds is 2. The van der Waals surface area contributed by atoms with Gasteiger partial charge in [-0.2, -0.15) is 0 Å². The minimum Gasteiger partial charge on any atom is -0.481 e. The average molecular weight is 212 g/mol. The highest BCUT2D eigenvalue weighted by atomic mass is 16.5. The van der Waals surface area contributed by atoms with Crippen LogP contribution in [0.3, 0.4) is 0 Å². The third-order valence-corrected chi connectivity index (χ3v) is 1.93. The summed E-state index contributed by atoms with van der Waals surface area (Å²) < 4.78 is 8.22. The first kappa shape index (κ1) is 11.3. The summed E-state index contributed by atoms with van der Waals surface area (Å²) in [6.45, 7) is 0. The molecule has 0 aliphatic heterocycles. The highest BCUT2D eigenvalue weighted by Crippen LogP contribution is 2.19. The molecule has 0 radical (unpaired) electrons. The van der Waals surface area contributed by atoms with Gasteiger partial charge < -0.3 is 13.9 Å². The number of aliphatic carboxylic acids is 1. The fourth-order valence-electron chi connectivity index (χ4n) is 1.28. The van der Waals surface area contributed by atoms with Crippen LogP contribution in [0.4, 0.5) is 0 Å². The summed E-state index contributed by atoms with van der Waals surface area (Å²) in [6.07, 6.45) is 8.78. The van der Waals surface area contributed by atoms with E-state index >= 15 is 0 Å². The zero-order chi connectivity index (χ0) is 11.1. The van der Waals surface area contributed by atoms with Crippen LogP contribution in [0.5, 0.6) is 0 Å². The van der Waals surface area contributed by atoms with E-state index in [1.54, 1.807) is 0 Å². The maximum absolute atomic E-state index is 10.1. The molecule has 1 aliphatic carbocycles. The molecule has 1 aliphatic rings. The van der Waals surface area contributed by atoms with Crippen molar-refractivity contribution in [2.45, 2.75) is 19.3 Å². The van der Waals surface area contributed by atoms with Gasteiger partial charge in [0, 0.05) is 0 Å². The van der Waals surface area contributed by atoms with Gasteiger partial charge in [0.1, 0.15) is 12.5 Å². The second-order valence-corrected chi connectivity index (χ2v) is 3.12. The molecule has 82 valence electrons.